The molecule has 0 bridgehead atoms. The number of urea groups is 1. The van der Waals surface area contributed by atoms with Gasteiger partial charge in [-0.15, -0.1) is 0 Å². The second kappa shape index (κ2) is 10.3. The van der Waals surface area contributed by atoms with Crippen LogP contribution in [-0.2, 0) is 11.3 Å². The Morgan fingerprint density at radius 2 is 1.89 bits per heavy atom. The van der Waals surface area contributed by atoms with Gasteiger partial charge in [0.05, 0.1) is 17.5 Å². The van der Waals surface area contributed by atoms with Crippen molar-refractivity contribution in [3.05, 3.63) is 47.3 Å². The minimum atomic E-state index is -0.149. The Labute approximate surface area is 167 Å². The van der Waals surface area contributed by atoms with E-state index in [-0.39, 0.29) is 6.03 Å². The Morgan fingerprint density at radius 3 is 2.64 bits per heavy atom. The molecule has 0 aliphatic heterocycles. The smallest absolute Gasteiger partial charge is 0.315 e. The summed E-state index contributed by atoms with van der Waals surface area (Å²) in [7, 11) is 0. The summed E-state index contributed by atoms with van der Waals surface area (Å²) in [6.07, 6.45) is 7.54. The van der Waals surface area contributed by atoms with Gasteiger partial charge in [-0.2, -0.15) is 5.10 Å². The van der Waals surface area contributed by atoms with Crippen LogP contribution in [0.1, 0.15) is 55.5 Å². The molecule has 0 spiro atoms. The molecule has 6 heteroatoms. The lowest BCUT2D eigenvalue weighted by Crippen LogP contribution is -2.36. The fourth-order valence-electron chi connectivity index (χ4n) is 3.74. The van der Waals surface area contributed by atoms with E-state index in [1.54, 1.807) is 0 Å². The van der Waals surface area contributed by atoms with Crippen molar-refractivity contribution in [3.63, 3.8) is 0 Å². The number of benzene rings is 1. The minimum absolute atomic E-state index is 0.149. The van der Waals surface area contributed by atoms with Gasteiger partial charge < -0.3 is 15.4 Å². The Bertz CT molecular complexity index is 751. The summed E-state index contributed by atoms with van der Waals surface area (Å²) in [6, 6.07) is 9.88. The monoisotopic (exact) mass is 384 g/mol. The van der Waals surface area contributed by atoms with E-state index >= 15 is 0 Å². The van der Waals surface area contributed by atoms with Crippen LogP contribution >= 0.6 is 0 Å². The topological polar surface area (TPSA) is 68.2 Å². The molecule has 2 aromatic rings. The summed E-state index contributed by atoms with van der Waals surface area (Å²) in [5, 5.41) is 10.5. The summed E-state index contributed by atoms with van der Waals surface area (Å²) in [5.41, 5.74) is 4.06. The number of hydrogen-bond acceptors (Lipinski definition) is 3. The average molecular weight is 385 g/mol. The zero-order valence-electron chi connectivity index (χ0n) is 17.0. The van der Waals surface area contributed by atoms with Crippen LogP contribution in [0.2, 0.25) is 0 Å². The Morgan fingerprint density at radius 1 is 1.14 bits per heavy atom. The van der Waals surface area contributed by atoms with Crippen molar-refractivity contribution in [1.82, 2.24) is 20.4 Å². The number of para-hydroxylation sites is 1. The van der Waals surface area contributed by atoms with Crippen molar-refractivity contribution in [2.24, 2.45) is 0 Å². The van der Waals surface area contributed by atoms with Gasteiger partial charge in [-0.1, -0.05) is 37.5 Å². The highest BCUT2D eigenvalue weighted by Gasteiger charge is 2.14. The molecule has 1 aromatic heterocycles. The Hall–Kier alpha value is -2.34. The first-order valence-electron chi connectivity index (χ1n) is 10.4. The zero-order valence-corrected chi connectivity index (χ0v) is 17.0. The summed E-state index contributed by atoms with van der Waals surface area (Å²) in [4.78, 5) is 12.1. The van der Waals surface area contributed by atoms with Crippen molar-refractivity contribution in [2.45, 2.75) is 65.0 Å². The highest BCUT2D eigenvalue weighted by Crippen LogP contribution is 2.20. The average Bonchev–Trinajstić information content (AvgIpc) is 3.01. The van der Waals surface area contributed by atoms with Gasteiger partial charge in [0.2, 0.25) is 0 Å². The molecule has 0 unspecified atom stereocenters. The lowest BCUT2D eigenvalue weighted by Gasteiger charge is -2.21. The molecule has 1 heterocycles. The zero-order chi connectivity index (χ0) is 19.8. The van der Waals surface area contributed by atoms with Crippen LogP contribution in [0, 0.1) is 13.8 Å². The number of aromatic nitrogens is 2. The number of ether oxygens (including phenoxy) is 1. The number of nitrogens with zero attached hydrogens (tertiary/aromatic N) is 2. The van der Waals surface area contributed by atoms with Gasteiger partial charge in [0, 0.05) is 31.0 Å². The lowest BCUT2D eigenvalue weighted by atomic mass is 9.98. The first-order chi connectivity index (χ1) is 13.6. The van der Waals surface area contributed by atoms with E-state index in [0.717, 1.165) is 29.1 Å². The summed E-state index contributed by atoms with van der Waals surface area (Å²) in [6.45, 7) is 5.82. The predicted octanol–water partition coefficient (Wildman–Crippen LogP) is 4.03. The molecule has 152 valence electrons. The van der Waals surface area contributed by atoms with Crippen LogP contribution < -0.4 is 10.6 Å². The first kappa shape index (κ1) is 20.4. The Kier molecular flexibility index (Phi) is 7.48. The Balaban J connectivity index is 1.39. The van der Waals surface area contributed by atoms with E-state index in [4.69, 9.17) is 4.74 Å². The molecule has 2 amide bonds. The normalized spacial score (nSPS) is 14.8. The number of aryl methyl sites for hydroxylation is 1. The maximum absolute atomic E-state index is 12.1. The summed E-state index contributed by atoms with van der Waals surface area (Å²) < 4.78 is 7.81. The highest BCUT2D eigenvalue weighted by molar-refractivity contribution is 5.73. The summed E-state index contributed by atoms with van der Waals surface area (Å²) >= 11 is 0. The molecular weight excluding hydrogens is 352 g/mol. The second-order valence-corrected chi connectivity index (χ2v) is 7.49. The summed E-state index contributed by atoms with van der Waals surface area (Å²) in [5.74, 6) is 0. The van der Waals surface area contributed by atoms with Crippen LogP contribution in [0.4, 0.5) is 4.79 Å². The van der Waals surface area contributed by atoms with Crippen LogP contribution in [0.25, 0.3) is 5.69 Å². The third-order valence-corrected chi connectivity index (χ3v) is 5.38. The predicted molar refractivity (Wildman–Crippen MR) is 111 cm³/mol. The van der Waals surface area contributed by atoms with Crippen molar-refractivity contribution < 1.29 is 9.53 Å². The molecule has 1 aromatic carbocycles. The van der Waals surface area contributed by atoms with Gasteiger partial charge >= 0.3 is 6.03 Å². The molecule has 1 saturated carbocycles. The molecule has 1 aliphatic carbocycles. The number of rotatable bonds is 8. The molecule has 0 radical (unpaired) electrons. The number of carbonyl (C=O) groups is 1. The molecule has 0 saturated heterocycles. The quantitative estimate of drug-likeness (QED) is 0.675. The van der Waals surface area contributed by atoms with Gasteiger partial charge in [0.25, 0.3) is 0 Å². The fourth-order valence-corrected chi connectivity index (χ4v) is 3.74. The molecule has 2 N–H and O–H groups in total. The van der Waals surface area contributed by atoms with E-state index < -0.39 is 0 Å². The fraction of sp³-hybridized carbons (Fsp3) is 0.545. The molecule has 0 atom stereocenters. The van der Waals surface area contributed by atoms with Crippen molar-refractivity contribution in [3.8, 4) is 5.69 Å². The van der Waals surface area contributed by atoms with Gasteiger partial charge in [-0.3, -0.25) is 0 Å². The third-order valence-electron chi connectivity index (χ3n) is 5.38. The van der Waals surface area contributed by atoms with Crippen molar-refractivity contribution in [1.29, 1.82) is 0 Å². The van der Waals surface area contributed by atoms with Crippen LogP contribution in [-0.4, -0.2) is 35.1 Å². The maximum atomic E-state index is 12.1. The number of hydrogen-bond donors (Lipinski definition) is 2. The van der Waals surface area contributed by atoms with Gasteiger partial charge in [0.15, 0.2) is 0 Å². The lowest BCUT2D eigenvalue weighted by molar-refractivity contribution is 0.0275. The van der Waals surface area contributed by atoms with Gasteiger partial charge in [-0.05, 0) is 45.2 Å². The van der Waals surface area contributed by atoms with Crippen molar-refractivity contribution in [2.75, 3.05) is 13.2 Å². The molecule has 28 heavy (non-hydrogen) atoms. The second-order valence-electron chi connectivity index (χ2n) is 7.49. The standard InChI is InChI=1S/C22H32N4O2/c1-17-21(18(2)26(25-17)19-10-5-3-6-11-19)16-24-22(27)23-14-9-15-28-20-12-7-4-8-13-20/h3,5-6,10-11,20H,4,7-9,12-16H2,1-2H3,(H2,23,24,27). The van der Waals surface area contributed by atoms with Gasteiger partial charge in [0.1, 0.15) is 0 Å². The van der Waals surface area contributed by atoms with Crippen LogP contribution in [0.3, 0.4) is 0 Å². The molecule has 1 aliphatic rings. The van der Waals surface area contributed by atoms with E-state index in [0.29, 0.717) is 25.8 Å². The van der Waals surface area contributed by atoms with E-state index in [2.05, 4.69) is 15.7 Å². The largest absolute Gasteiger partial charge is 0.378 e. The van der Waals surface area contributed by atoms with E-state index in [1.165, 1.54) is 32.1 Å². The molecule has 3 rings (SSSR count). The minimum Gasteiger partial charge on any atom is -0.378 e. The van der Waals surface area contributed by atoms with Crippen LogP contribution in [0.5, 0.6) is 0 Å². The number of nitrogens with one attached hydrogen (secondary N) is 2. The van der Waals surface area contributed by atoms with Gasteiger partial charge in [-0.25, -0.2) is 9.48 Å². The molecule has 6 nitrogen and oxygen atoms in total. The maximum Gasteiger partial charge on any atom is 0.315 e. The first-order valence-corrected chi connectivity index (χ1v) is 10.4. The highest BCUT2D eigenvalue weighted by atomic mass is 16.5. The number of carbonyl (C=O) groups excluding carboxylic acids is 1. The number of amides is 2. The van der Waals surface area contributed by atoms with E-state index in [1.807, 2.05) is 48.9 Å². The molecule has 1 fully saturated rings. The van der Waals surface area contributed by atoms with E-state index in [9.17, 15) is 4.79 Å². The SMILES string of the molecule is Cc1nn(-c2ccccc2)c(C)c1CNC(=O)NCCCOC1CCCCC1. The molecular formula is C22H32N4O2. The van der Waals surface area contributed by atoms with Crippen LogP contribution in [0.15, 0.2) is 30.3 Å². The third kappa shape index (κ3) is 5.58. The van der Waals surface area contributed by atoms with Crippen molar-refractivity contribution >= 4 is 6.03 Å².